The minimum Gasteiger partial charge on any atom is -0.382 e. The summed E-state index contributed by atoms with van der Waals surface area (Å²) in [5, 5.41) is 0.547. The van der Waals surface area contributed by atoms with Crippen molar-refractivity contribution in [3.63, 3.8) is 0 Å². The Balaban J connectivity index is 1.76. The van der Waals surface area contributed by atoms with Gasteiger partial charge >= 0.3 is 0 Å². The first-order valence-electron chi connectivity index (χ1n) is 9.88. The summed E-state index contributed by atoms with van der Waals surface area (Å²) in [5.74, 6) is -0.239. The molecule has 0 aromatic heterocycles. The van der Waals surface area contributed by atoms with Crippen molar-refractivity contribution in [2.75, 3.05) is 44.9 Å². The molecule has 0 fully saturated rings. The number of nitrogens with zero attached hydrogens (tertiary/aromatic N) is 2. The van der Waals surface area contributed by atoms with Crippen LogP contribution in [0.2, 0.25) is 5.02 Å². The Morgan fingerprint density at radius 2 is 1.93 bits per heavy atom. The Bertz CT molecular complexity index is 915. The van der Waals surface area contributed by atoms with E-state index in [-0.39, 0.29) is 24.8 Å². The number of fused-ring (bicyclic) bond motifs is 1. The summed E-state index contributed by atoms with van der Waals surface area (Å²) in [7, 11) is 1.61. The number of benzene rings is 2. The van der Waals surface area contributed by atoms with E-state index in [1.165, 1.54) is 4.90 Å². The summed E-state index contributed by atoms with van der Waals surface area (Å²) in [5.41, 5.74) is 2.99. The molecule has 6 nitrogen and oxygen atoms in total. The standard InChI is InChI=1S/C23H25ClN2O4/c1-29-12-13-30-11-5-8-19(27)16-26-21-10-9-18(24)14-20(21)23(25-15-22(26)28)17-6-3-2-4-7-17/h2-4,6-7,9-10,14H,5,8,11-13,15-16H2,1H3. The quantitative estimate of drug-likeness (QED) is 0.543. The number of benzodiazepines with no additional fused rings is 1. The zero-order valence-electron chi connectivity index (χ0n) is 17.0. The smallest absolute Gasteiger partial charge is 0.249 e. The number of hydrogen-bond acceptors (Lipinski definition) is 5. The predicted octanol–water partition coefficient (Wildman–Crippen LogP) is 3.54. The van der Waals surface area contributed by atoms with Crippen LogP contribution < -0.4 is 4.90 Å². The monoisotopic (exact) mass is 428 g/mol. The second-order valence-corrected chi connectivity index (χ2v) is 7.36. The van der Waals surface area contributed by atoms with Crippen molar-refractivity contribution >= 4 is 34.7 Å². The number of anilines is 1. The summed E-state index contributed by atoms with van der Waals surface area (Å²) in [6, 6.07) is 15.0. The van der Waals surface area contributed by atoms with E-state index in [0.717, 1.165) is 11.1 Å². The van der Waals surface area contributed by atoms with E-state index in [2.05, 4.69) is 4.99 Å². The predicted molar refractivity (Wildman–Crippen MR) is 118 cm³/mol. The van der Waals surface area contributed by atoms with Crippen LogP contribution in [0.25, 0.3) is 0 Å². The maximum absolute atomic E-state index is 12.8. The molecule has 0 atom stereocenters. The Morgan fingerprint density at radius 3 is 2.70 bits per heavy atom. The highest BCUT2D eigenvalue weighted by Gasteiger charge is 2.26. The maximum Gasteiger partial charge on any atom is 0.249 e. The van der Waals surface area contributed by atoms with Gasteiger partial charge in [0.15, 0.2) is 5.78 Å². The van der Waals surface area contributed by atoms with Gasteiger partial charge in [-0.15, -0.1) is 0 Å². The fourth-order valence-electron chi connectivity index (χ4n) is 3.27. The van der Waals surface area contributed by atoms with Gasteiger partial charge in [0, 0.05) is 36.3 Å². The van der Waals surface area contributed by atoms with Crippen LogP contribution in [0, 0.1) is 0 Å². The van der Waals surface area contributed by atoms with Gasteiger partial charge in [-0.2, -0.15) is 0 Å². The van der Waals surface area contributed by atoms with E-state index < -0.39 is 0 Å². The highest BCUT2D eigenvalue weighted by Crippen LogP contribution is 2.29. The molecule has 7 heteroatoms. The first-order chi connectivity index (χ1) is 14.6. The number of rotatable bonds is 10. The molecule has 0 spiro atoms. The molecule has 1 amide bonds. The van der Waals surface area contributed by atoms with E-state index in [4.69, 9.17) is 21.1 Å². The van der Waals surface area contributed by atoms with E-state index in [9.17, 15) is 9.59 Å². The molecule has 1 aliphatic rings. The van der Waals surface area contributed by atoms with E-state index in [1.54, 1.807) is 25.3 Å². The van der Waals surface area contributed by atoms with Gasteiger partial charge < -0.3 is 14.4 Å². The van der Waals surface area contributed by atoms with Crippen molar-refractivity contribution in [3.05, 3.63) is 64.7 Å². The minimum atomic E-state index is -0.214. The first kappa shape index (κ1) is 22.2. The average Bonchev–Trinajstić information content (AvgIpc) is 2.88. The fraction of sp³-hybridized carbons (Fsp3) is 0.348. The first-order valence-corrected chi connectivity index (χ1v) is 10.3. The summed E-state index contributed by atoms with van der Waals surface area (Å²) >= 11 is 6.25. The highest BCUT2D eigenvalue weighted by atomic mass is 35.5. The topological polar surface area (TPSA) is 68.2 Å². The largest absolute Gasteiger partial charge is 0.382 e. The molecule has 2 aromatic rings. The molecule has 1 aliphatic heterocycles. The molecule has 0 N–H and O–H groups in total. The molecule has 0 saturated heterocycles. The van der Waals surface area contributed by atoms with Crippen LogP contribution in [0.3, 0.4) is 0 Å². The number of amides is 1. The number of ketones is 1. The number of aliphatic imine (C=N–C) groups is 1. The molecule has 0 unspecified atom stereocenters. The van der Waals surface area contributed by atoms with Crippen LogP contribution in [-0.4, -0.2) is 57.4 Å². The molecule has 0 bridgehead atoms. The summed E-state index contributed by atoms with van der Waals surface area (Å²) in [6.45, 7) is 1.49. The Labute approximate surface area is 181 Å². The van der Waals surface area contributed by atoms with Gasteiger partial charge in [0.1, 0.15) is 6.54 Å². The molecule has 3 rings (SSSR count). The maximum atomic E-state index is 12.8. The van der Waals surface area contributed by atoms with Crippen LogP contribution in [0.5, 0.6) is 0 Å². The van der Waals surface area contributed by atoms with E-state index >= 15 is 0 Å². The number of hydrogen-bond donors (Lipinski definition) is 0. The lowest BCUT2D eigenvalue weighted by atomic mass is 10.00. The van der Waals surface area contributed by atoms with Gasteiger partial charge in [-0.1, -0.05) is 41.9 Å². The number of ether oxygens (including phenoxy) is 2. The Hall–Kier alpha value is -2.54. The van der Waals surface area contributed by atoms with Gasteiger partial charge in [-0.3, -0.25) is 14.6 Å². The highest BCUT2D eigenvalue weighted by molar-refractivity contribution is 6.32. The van der Waals surface area contributed by atoms with Gasteiger partial charge in [0.25, 0.3) is 0 Å². The zero-order valence-corrected chi connectivity index (χ0v) is 17.7. The Morgan fingerprint density at radius 1 is 1.13 bits per heavy atom. The number of halogens is 1. The average molecular weight is 429 g/mol. The lowest BCUT2D eigenvalue weighted by Crippen LogP contribution is -2.37. The number of carbonyl (C=O) groups is 2. The lowest BCUT2D eigenvalue weighted by Gasteiger charge is -2.22. The van der Waals surface area contributed by atoms with Crippen molar-refractivity contribution in [3.8, 4) is 0 Å². The van der Waals surface area contributed by atoms with Gasteiger partial charge in [-0.05, 0) is 24.6 Å². The van der Waals surface area contributed by atoms with Crippen LogP contribution in [-0.2, 0) is 19.1 Å². The van der Waals surface area contributed by atoms with Gasteiger partial charge in [-0.25, -0.2) is 0 Å². The molecule has 0 saturated carbocycles. The van der Waals surface area contributed by atoms with Crippen molar-refractivity contribution in [1.29, 1.82) is 0 Å². The molecule has 158 valence electrons. The van der Waals surface area contributed by atoms with Gasteiger partial charge in [0.05, 0.1) is 31.2 Å². The van der Waals surface area contributed by atoms with Gasteiger partial charge in [0.2, 0.25) is 5.91 Å². The normalized spacial score (nSPS) is 13.6. The summed E-state index contributed by atoms with van der Waals surface area (Å²) in [6.07, 6.45) is 0.940. The SMILES string of the molecule is COCCOCCCC(=O)CN1C(=O)CN=C(c2ccccc2)c2cc(Cl)ccc21. The van der Waals surface area contributed by atoms with Crippen LogP contribution in [0.4, 0.5) is 5.69 Å². The minimum absolute atomic E-state index is 0.00310. The second kappa shape index (κ2) is 11.0. The molecule has 2 aromatic carbocycles. The van der Waals surface area contributed by atoms with E-state index in [1.807, 2.05) is 30.3 Å². The Kier molecular flexibility index (Phi) is 8.13. The molecule has 0 aliphatic carbocycles. The van der Waals surface area contributed by atoms with Crippen LogP contribution in [0.1, 0.15) is 24.0 Å². The lowest BCUT2D eigenvalue weighted by molar-refractivity contribution is -0.122. The fourth-order valence-corrected chi connectivity index (χ4v) is 3.44. The van der Waals surface area contributed by atoms with Crippen LogP contribution in [0.15, 0.2) is 53.5 Å². The number of Topliss-reactive ketones (excluding diaryl/α,β-unsaturated/α-hetero) is 1. The third-order valence-corrected chi connectivity index (χ3v) is 4.97. The van der Waals surface area contributed by atoms with Crippen LogP contribution >= 0.6 is 11.6 Å². The summed E-state index contributed by atoms with van der Waals surface area (Å²) in [4.78, 5) is 31.4. The third kappa shape index (κ3) is 5.75. The molecule has 30 heavy (non-hydrogen) atoms. The van der Waals surface area contributed by atoms with Crippen molar-refractivity contribution in [1.82, 2.24) is 0 Å². The third-order valence-electron chi connectivity index (χ3n) is 4.74. The molecule has 0 radical (unpaired) electrons. The number of methoxy groups -OCH3 is 1. The second-order valence-electron chi connectivity index (χ2n) is 6.92. The molecular weight excluding hydrogens is 404 g/mol. The zero-order chi connectivity index (χ0) is 21.3. The summed E-state index contributed by atoms with van der Waals surface area (Å²) < 4.78 is 10.3. The van der Waals surface area contributed by atoms with Crippen molar-refractivity contribution in [2.24, 2.45) is 4.99 Å². The van der Waals surface area contributed by atoms with Crippen molar-refractivity contribution in [2.45, 2.75) is 12.8 Å². The van der Waals surface area contributed by atoms with E-state index in [0.29, 0.717) is 49.1 Å². The molecule has 1 heterocycles. The van der Waals surface area contributed by atoms with Crippen molar-refractivity contribution < 1.29 is 19.1 Å². The molecular formula is C23H25ClN2O4. The number of carbonyl (C=O) groups excluding carboxylic acids is 2.